The highest BCUT2D eigenvalue weighted by atomic mass is 16.1. The van der Waals surface area contributed by atoms with Crippen LogP contribution < -0.4 is 0 Å². The standard InChI is InChI=1S/C10H11NO.C10H9NO/c2*1-7-2-3-8-4-5-9(12)6-10(8)11-7/h2-3H,4-6H2,1H3;2-5H,6H2,1H3. The van der Waals surface area contributed by atoms with Crippen LogP contribution in [0.5, 0.6) is 0 Å². The molecule has 0 aliphatic heterocycles. The molecule has 0 aromatic carbocycles. The third-order valence-corrected chi connectivity index (χ3v) is 4.18. The average Bonchev–Trinajstić information content (AvgIpc) is 2.54. The first kappa shape index (κ1) is 16.2. The second kappa shape index (κ2) is 6.87. The summed E-state index contributed by atoms with van der Waals surface area (Å²) in [6.45, 7) is 3.89. The number of carbonyl (C=O) groups excluding carboxylic acids is 2. The highest BCUT2D eigenvalue weighted by Gasteiger charge is 2.16. The van der Waals surface area contributed by atoms with E-state index in [1.54, 1.807) is 6.08 Å². The number of carbonyl (C=O) groups is 2. The minimum atomic E-state index is 0.139. The molecule has 4 rings (SSSR count). The van der Waals surface area contributed by atoms with Crippen LogP contribution in [0.4, 0.5) is 0 Å². The molecule has 0 saturated carbocycles. The SMILES string of the molecule is Cc1ccc2c(n1)CC(=O)C=C2.Cc1ccc2c(n1)CC(=O)CC2. The van der Waals surface area contributed by atoms with E-state index in [2.05, 4.69) is 16.0 Å². The highest BCUT2D eigenvalue weighted by molar-refractivity contribution is 5.97. The molecule has 2 aromatic rings. The van der Waals surface area contributed by atoms with Crippen molar-refractivity contribution in [1.29, 1.82) is 0 Å². The van der Waals surface area contributed by atoms with E-state index >= 15 is 0 Å². The molecule has 4 nitrogen and oxygen atoms in total. The Morgan fingerprint density at radius 1 is 0.792 bits per heavy atom. The third-order valence-electron chi connectivity index (χ3n) is 4.18. The first-order valence-electron chi connectivity index (χ1n) is 8.16. The van der Waals surface area contributed by atoms with E-state index in [0.29, 0.717) is 25.0 Å². The fourth-order valence-electron chi connectivity index (χ4n) is 2.89. The smallest absolute Gasteiger partial charge is 0.161 e. The predicted molar refractivity (Wildman–Crippen MR) is 92.7 cm³/mol. The van der Waals surface area contributed by atoms with Gasteiger partial charge < -0.3 is 0 Å². The molecule has 0 unspecified atom stereocenters. The van der Waals surface area contributed by atoms with Crippen molar-refractivity contribution in [3.63, 3.8) is 0 Å². The number of nitrogens with zero attached hydrogens (tertiary/aromatic N) is 2. The molecule has 0 bridgehead atoms. The summed E-state index contributed by atoms with van der Waals surface area (Å²) in [6.07, 6.45) is 6.00. The van der Waals surface area contributed by atoms with E-state index in [0.717, 1.165) is 34.8 Å². The molecular formula is C20H20N2O2. The Kier molecular flexibility index (Phi) is 4.65. The van der Waals surface area contributed by atoms with Crippen LogP contribution in [0, 0.1) is 13.8 Å². The summed E-state index contributed by atoms with van der Waals surface area (Å²) in [7, 11) is 0. The zero-order valence-electron chi connectivity index (χ0n) is 14.0. The molecule has 2 aliphatic carbocycles. The van der Waals surface area contributed by atoms with E-state index in [4.69, 9.17) is 0 Å². The number of ketones is 2. The lowest BCUT2D eigenvalue weighted by Crippen LogP contribution is -2.15. The fraction of sp³-hybridized carbons (Fsp3) is 0.300. The van der Waals surface area contributed by atoms with Crippen LogP contribution in [0.1, 0.15) is 40.3 Å². The van der Waals surface area contributed by atoms with Crippen molar-refractivity contribution in [2.24, 2.45) is 0 Å². The minimum absolute atomic E-state index is 0.139. The monoisotopic (exact) mass is 320 g/mol. The van der Waals surface area contributed by atoms with E-state index in [1.165, 1.54) is 5.56 Å². The zero-order valence-corrected chi connectivity index (χ0v) is 14.0. The van der Waals surface area contributed by atoms with E-state index in [9.17, 15) is 9.59 Å². The fourth-order valence-corrected chi connectivity index (χ4v) is 2.89. The van der Waals surface area contributed by atoms with Crippen molar-refractivity contribution >= 4 is 17.6 Å². The summed E-state index contributed by atoms with van der Waals surface area (Å²) in [6, 6.07) is 8.05. The maximum atomic E-state index is 11.1. The lowest BCUT2D eigenvalue weighted by molar-refractivity contribution is -0.118. The van der Waals surface area contributed by atoms with Gasteiger partial charge in [0.1, 0.15) is 5.78 Å². The average molecular weight is 320 g/mol. The predicted octanol–water partition coefficient (Wildman–Crippen LogP) is 2.98. The van der Waals surface area contributed by atoms with Gasteiger partial charge in [-0.25, -0.2) is 0 Å². The molecule has 0 radical (unpaired) electrons. The number of pyridine rings is 2. The Morgan fingerprint density at radius 2 is 1.50 bits per heavy atom. The van der Waals surface area contributed by atoms with Crippen LogP contribution >= 0.6 is 0 Å². The topological polar surface area (TPSA) is 59.9 Å². The molecule has 2 aliphatic rings. The van der Waals surface area contributed by atoms with Gasteiger partial charge in [-0.3, -0.25) is 19.6 Å². The van der Waals surface area contributed by atoms with Crippen molar-refractivity contribution < 1.29 is 9.59 Å². The number of rotatable bonds is 0. The summed E-state index contributed by atoms with van der Waals surface area (Å²) >= 11 is 0. The second-order valence-corrected chi connectivity index (χ2v) is 6.24. The van der Waals surface area contributed by atoms with E-state index in [-0.39, 0.29) is 5.78 Å². The third kappa shape index (κ3) is 3.82. The maximum Gasteiger partial charge on any atom is 0.161 e. The number of hydrogen-bond donors (Lipinski definition) is 0. The zero-order chi connectivity index (χ0) is 17.1. The normalized spacial score (nSPS) is 15.2. The first-order chi connectivity index (χ1) is 11.5. The summed E-state index contributed by atoms with van der Waals surface area (Å²) < 4.78 is 0. The van der Waals surface area contributed by atoms with Crippen molar-refractivity contribution in [1.82, 2.24) is 9.97 Å². The van der Waals surface area contributed by atoms with Crippen LogP contribution in [0.25, 0.3) is 6.08 Å². The molecule has 122 valence electrons. The minimum Gasteiger partial charge on any atom is -0.299 e. The number of hydrogen-bond acceptors (Lipinski definition) is 4. The van der Waals surface area contributed by atoms with Gasteiger partial charge in [-0.1, -0.05) is 12.1 Å². The lowest BCUT2D eigenvalue weighted by atomic mass is 9.95. The van der Waals surface area contributed by atoms with E-state index < -0.39 is 0 Å². The second-order valence-electron chi connectivity index (χ2n) is 6.24. The number of allylic oxidation sites excluding steroid dienone is 1. The van der Waals surface area contributed by atoms with Gasteiger partial charge in [0.05, 0.1) is 17.8 Å². The number of aryl methyl sites for hydroxylation is 3. The van der Waals surface area contributed by atoms with Crippen LogP contribution in [-0.4, -0.2) is 21.5 Å². The highest BCUT2D eigenvalue weighted by Crippen LogP contribution is 2.17. The molecule has 0 fully saturated rings. The van der Waals surface area contributed by atoms with Gasteiger partial charge in [0.2, 0.25) is 0 Å². The van der Waals surface area contributed by atoms with Crippen LogP contribution in [0.15, 0.2) is 30.3 Å². The van der Waals surface area contributed by atoms with Crippen LogP contribution in [0.3, 0.4) is 0 Å². The Morgan fingerprint density at radius 3 is 2.29 bits per heavy atom. The molecule has 0 N–H and O–H groups in total. The van der Waals surface area contributed by atoms with Gasteiger partial charge >= 0.3 is 0 Å². The summed E-state index contributed by atoms with van der Waals surface area (Å²) in [5.41, 5.74) is 6.19. The van der Waals surface area contributed by atoms with Gasteiger partial charge in [-0.05, 0) is 55.7 Å². The van der Waals surface area contributed by atoms with Gasteiger partial charge in [-0.2, -0.15) is 0 Å². The molecule has 0 atom stereocenters. The van der Waals surface area contributed by atoms with Crippen molar-refractivity contribution in [2.75, 3.05) is 0 Å². The Hall–Kier alpha value is -2.62. The molecule has 0 spiro atoms. The van der Waals surface area contributed by atoms with Crippen molar-refractivity contribution in [2.45, 2.75) is 39.5 Å². The maximum absolute atomic E-state index is 11.1. The Labute approximate surface area is 141 Å². The van der Waals surface area contributed by atoms with Crippen molar-refractivity contribution in [3.05, 3.63) is 64.2 Å². The molecule has 2 aromatic heterocycles. The first-order valence-corrected chi connectivity index (χ1v) is 8.16. The van der Waals surface area contributed by atoms with Gasteiger partial charge in [-0.15, -0.1) is 0 Å². The summed E-state index contributed by atoms with van der Waals surface area (Å²) in [5.74, 6) is 0.459. The Bertz CT molecular complexity index is 838. The quantitative estimate of drug-likeness (QED) is 0.749. The Balaban J connectivity index is 0.000000141. The van der Waals surface area contributed by atoms with E-state index in [1.807, 2.05) is 38.1 Å². The molecule has 0 amide bonds. The van der Waals surface area contributed by atoms with Gasteiger partial charge in [0.15, 0.2) is 5.78 Å². The molecule has 4 heteroatoms. The van der Waals surface area contributed by atoms with Crippen molar-refractivity contribution in [3.8, 4) is 0 Å². The number of fused-ring (bicyclic) bond motifs is 2. The van der Waals surface area contributed by atoms with Crippen LogP contribution in [0.2, 0.25) is 0 Å². The van der Waals surface area contributed by atoms with Gasteiger partial charge in [0, 0.05) is 24.2 Å². The molecular weight excluding hydrogens is 300 g/mol. The van der Waals surface area contributed by atoms with Crippen LogP contribution in [-0.2, 0) is 28.9 Å². The largest absolute Gasteiger partial charge is 0.299 e. The number of Topliss-reactive ketones (excluding diaryl/α,β-unsaturated/α-hetero) is 1. The molecule has 24 heavy (non-hydrogen) atoms. The van der Waals surface area contributed by atoms with Gasteiger partial charge in [0.25, 0.3) is 0 Å². The lowest BCUT2D eigenvalue weighted by Gasteiger charge is -2.13. The molecule has 0 saturated heterocycles. The number of aromatic nitrogens is 2. The summed E-state index contributed by atoms with van der Waals surface area (Å²) in [4.78, 5) is 30.7. The molecule has 2 heterocycles. The summed E-state index contributed by atoms with van der Waals surface area (Å²) in [5, 5.41) is 0.